The van der Waals surface area contributed by atoms with Crippen LogP contribution in [0.1, 0.15) is 25.7 Å². The molecule has 0 aliphatic carbocycles. The molecule has 1 saturated heterocycles. The Balaban J connectivity index is 2.32. The van der Waals surface area contributed by atoms with E-state index in [0.717, 1.165) is 25.7 Å². The highest BCUT2D eigenvalue weighted by atomic mass is 32.2. The number of nitrogens with zero attached hydrogens (tertiary/aromatic N) is 1. The zero-order valence-electron chi connectivity index (χ0n) is 10.5. The second-order valence-electron chi connectivity index (χ2n) is 4.67. The van der Waals surface area contributed by atoms with Crippen molar-refractivity contribution in [2.24, 2.45) is 5.73 Å². The molecule has 100 valence electrons. The van der Waals surface area contributed by atoms with Gasteiger partial charge in [0.15, 0.2) is 0 Å². The third kappa shape index (κ3) is 2.74. The highest BCUT2D eigenvalue weighted by molar-refractivity contribution is 7.89. The van der Waals surface area contributed by atoms with Crippen molar-refractivity contribution in [2.75, 3.05) is 13.1 Å². The molecule has 0 aromatic heterocycles. The van der Waals surface area contributed by atoms with E-state index in [-0.39, 0.29) is 6.04 Å². The molecule has 1 unspecified atom stereocenters. The summed E-state index contributed by atoms with van der Waals surface area (Å²) in [6.07, 6.45) is 3.92. The quantitative estimate of drug-likeness (QED) is 0.905. The first-order valence-corrected chi connectivity index (χ1v) is 7.87. The summed E-state index contributed by atoms with van der Waals surface area (Å²) < 4.78 is 26.8. The monoisotopic (exact) mass is 268 g/mol. The SMILES string of the molecule is NCC1CCCCCN1S(=O)(=O)c1ccccc1. The molecule has 2 N–H and O–H groups in total. The van der Waals surface area contributed by atoms with E-state index in [0.29, 0.717) is 18.0 Å². The van der Waals surface area contributed by atoms with E-state index in [2.05, 4.69) is 0 Å². The maximum atomic E-state index is 12.6. The van der Waals surface area contributed by atoms with Crippen LogP contribution in [-0.4, -0.2) is 31.9 Å². The van der Waals surface area contributed by atoms with Gasteiger partial charge in [-0.1, -0.05) is 31.0 Å². The largest absolute Gasteiger partial charge is 0.329 e. The van der Waals surface area contributed by atoms with E-state index >= 15 is 0 Å². The van der Waals surface area contributed by atoms with E-state index in [1.54, 1.807) is 28.6 Å². The molecule has 1 heterocycles. The first kappa shape index (κ1) is 13.5. The van der Waals surface area contributed by atoms with E-state index in [1.807, 2.05) is 6.07 Å². The molecule has 5 heteroatoms. The molecule has 0 spiro atoms. The zero-order chi connectivity index (χ0) is 13.0. The lowest BCUT2D eigenvalue weighted by Gasteiger charge is -2.28. The second-order valence-corrected chi connectivity index (χ2v) is 6.56. The van der Waals surface area contributed by atoms with Gasteiger partial charge in [0.05, 0.1) is 4.90 Å². The molecule has 0 saturated carbocycles. The molecule has 18 heavy (non-hydrogen) atoms. The maximum absolute atomic E-state index is 12.6. The molecule has 1 aromatic carbocycles. The standard InChI is InChI=1S/C13H20N2O2S/c14-11-12-7-3-2-6-10-15(12)18(16,17)13-8-4-1-5-9-13/h1,4-5,8-9,12H,2-3,6-7,10-11,14H2. The van der Waals surface area contributed by atoms with E-state index in [1.165, 1.54) is 0 Å². The minimum atomic E-state index is -3.39. The number of sulfonamides is 1. The molecule has 0 amide bonds. The Morgan fingerprint density at radius 3 is 2.56 bits per heavy atom. The van der Waals surface area contributed by atoms with Crippen LogP contribution >= 0.6 is 0 Å². The Bertz CT molecular complexity index is 473. The van der Waals surface area contributed by atoms with Gasteiger partial charge in [-0.05, 0) is 25.0 Å². The highest BCUT2D eigenvalue weighted by Crippen LogP contribution is 2.24. The van der Waals surface area contributed by atoms with Crippen molar-refractivity contribution >= 4 is 10.0 Å². The van der Waals surface area contributed by atoms with Crippen molar-refractivity contribution in [3.05, 3.63) is 30.3 Å². The van der Waals surface area contributed by atoms with Crippen molar-refractivity contribution in [3.63, 3.8) is 0 Å². The summed E-state index contributed by atoms with van der Waals surface area (Å²) >= 11 is 0. The molecule has 1 fully saturated rings. The Morgan fingerprint density at radius 2 is 1.89 bits per heavy atom. The normalized spacial score (nSPS) is 22.6. The highest BCUT2D eigenvalue weighted by Gasteiger charge is 2.31. The predicted octanol–water partition coefficient (Wildman–Crippen LogP) is 1.58. The number of benzene rings is 1. The van der Waals surface area contributed by atoms with Crippen LogP contribution in [-0.2, 0) is 10.0 Å². The van der Waals surface area contributed by atoms with Crippen LogP contribution in [0.3, 0.4) is 0 Å². The zero-order valence-corrected chi connectivity index (χ0v) is 11.3. The molecule has 4 nitrogen and oxygen atoms in total. The van der Waals surface area contributed by atoms with Crippen LogP contribution in [0.4, 0.5) is 0 Å². The Labute approximate surface area is 109 Å². The lowest BCUT2D eigenvalue weighted by molar-refractivity contribution is 0.328. The minimum Gasteiger partial charge on any atom is -0.329 e. The van der Waals surface area contributed by atoms with Gasteiger partial charge in [-0.15, -0.1) is 0 Å². The van der Waals surface area contributed by atoms with E-state index < -0.39 is 10.0 Å². The lowest BCUT2D eigenvalue weighted by Crippen LogP contribution is -2.43. The summed E-state index contributed by atoms with van der Waals surface area (Å²) in [6.45, 7) is 0.977. The molecule has 1 aliphatic rings. The Hall–Kier alpha value is -0.910. The fourth-order valence-corrected chi connectivity index (χ4v) is 4.16. The van der Waals surface area contributed by atoms with Crippen LogP contribution in [0.15, 0.2) is 35.2 Å². The van der Waals surface area contributed by atoms with E-state index in [9.17, 15) is 8.42 Å². The van der Waals surface area contributed by atoms with Gasteiger partial charge in [0.2, 0.25) is 10.0 Å². The van der Waals surface area contributed by atoms with Gasteiger partial charge < -0.3 is 5.73 Å². The van der Waals surface area contributed by atoms with Gasteiger partial charge in [-0.3, -0.25) is 0 Å². The summed E-state index contributed by atoms with van der Waals surface area (Å²) in [5.74, 6) is 0. The number of rotatable bonds is 3. The predicted molar refractivity (Wildman–Crippen MR) is 71.6 cm³/mol. The third-order valence-electron chi connectivity index (χ3n) is 3.44. The molecular formula is C13H20N2O2S. The van der Waals surface area contributed by atoms with Gasteiger partial charge in [0.1, 0.15) is 0 Å². The van der Waals surface area contributed by atoms with Crippen LogP contribution in [0.2, 0.25) is 0 Å². The van der Waals surface area contributed by atoms with Crippen LogP contribution < -0.4 is 5.73 Å². The molecule has 0 bridgehead atoms. The fourth-order valence-electron chi connectivity index (χ4n) is 2.43. The van der Waals surface area contributed by atoms with Crippen molar-refractivity contribution in [3.8, 4) is 0 Å². The minimum absolute atomic E-state index is 0.0577. The van der Waals surface area contributed by atoms with Gasteiger partial charge in [-0.25, -0.2) is 8.42 Å². The van der Waals surface area contributed by atoms with Gasteiger partial charge in [0.25, 0.3) is 0 Å². The summed E-state index contributed by atoms with van der Waals surface area (Å²) in [7, 11) is -3.39. The summed E-state index contributed by atoms with van der Waals surface area (Å²) in [5, 5.41) is 0. The fraction of sp³-hybridized carbons (Fsp3) is 0.538. The number of hydrogen-bond acceptors (Lipinski definition) is 3. The first-order valence-electron chi connectivity index (χ1n) is 6.43. The maximum Gasteiger partial charge on any atom is 0.243 e. The number of hydrogen-bond donors (Lipinski definition) is 1. The molecule has 1 aromatic rings. The van der Waals surface area contributed by atoms with Crippen molar-refractivity contribution in [1.29, 1.82) is 0 Å². The van der Waals surface area contributed by atoms with Crippen molar-refractivity contribution in [2.45, 2.75) is 36.6 Å². The molecule has 0 radical (unpaired) electrons. The van der Waals surface area contributed by atoms with Crippen molar-refractivity contribution < 1.29 is 8.42 Å². The molecular weight excluding hydrogens is 248 g/mol. The topological polar surface area (TPSA) is 63.4 Å². The number of nitrogens with two attached hydrogens (primary N) is 1. The molecule has 2 rings (SSSR count). The first-order chi connectivity index (χ1) is 8.66. The van der Waals surface area contributed by atoms with Gasteiger partial charge in [-0.2, -0.15) is 4.31 Å². The van der Waals surface area contributed by atoms with Gasteiger partial charge in [0, 0.05) is 19.1 Å². The summed E-state index contributed by atoms with van der Waals surface area (Å²) in [4.78, 5) is 0.366. The molecule has 1 atom stereocenters. The second kappa shape index (κ2) is 5.82. The molecule has 1 aliphatic heterocycles. The Morgan fingerprint density at radius 1 is 1.17 bits per heavy atom. The van der Waals surface area contributed by atoms with Crippen LogP contribution in [0.5, 0.6) is 0 Å². The van der Waals surface area contributed by atoms with Crippen LogP contribution in [0.25, 0.3) is 0 Å². The van der Waals surface area contributed by atoms with Crippen molar-refractivity contribution in [1.82, 2.24) is 4.31 Å². The van der Waals surface area contributed by atoms with E-state index in [4.69, 9.17) is 5.73 Å². The average molecular weight is 268 g/mol. The van der Waals surface area contributed by atoms with Crippen LogP contribution in [0, 0.1) is 0 Å². The van der Waals surface area contributed by atoms with Gasteiger partial charge >= 0.3 is 0 Å². The third-order valence-corrected chi connectivity index (χ3v) is 5.41. The summed E-state index contributed by atoms with van der Waals surface area (Å²) in [5.41, 5.74) is 5.73. The Kier molecular flexibility index (Phi) is 4.37. The smallest absolute Gasteiger partial charge is 0.243 e. The average Bonchev–Trinajstić information content (AvgIpc) is 2.65. The summed E-state index contributed by atoms with van der Waals surface area (Å²) in [6, 6.07) is 8.56. The lowest BCUT2D eigenvalue weighted by atomic mass is 10.1.